The average Bonchev–Trinajstić information content (AvgIpc) is 2.20. The molecule has 14 heavy (non-hydrogen) atoms. The summed E-state index contributed by atoms with van der Waals surface area (Å²) in [7, 11) is 1.57. The Morgan fingerprint density at radius 2 is 1.93 bits per heavy atom. The summed E-state index contributed by atoms with van der Waals surface area (Å²) in [5.41, 5.74) is 0. The Bertz CT molecular complexity index is 158. The molecule has 0 rings (SSSR count). The average molecular weight is 206 g/mol. The van der Waals surface area contributed by atoms with Gasteiger partial charge in [-0.15, -0.1) is 0 Å². The highest BCUT2D eigenvalue weighted by Crippen LogP contribution is 1.82. The van der Waals surface area contributed by atoms with Gasteiger partial charge in [0.15, 0.2) is 6.61 Å². The fraction of sp³-hybridized carbons (Fsp3) is 0.750. The van der Waals surface area contributed by atoms with Crippen LogP contribution in [0.3, 0.4) is 0 Å². The monoisotopic (exact) mass is 206 g/mol. The third kappa shape index (κ3) is 8.95. The number of rotatable bonds is 9. The Morgan fingerprint density at radius 1 is 1.21 bits per heavy atom. The van der Waals surface area contributed by atoms with Crippen LogP contribution in [0, 0.1) is 0 Å². The van der Waals surface area contributed by atoms with Gasteiger partial charge in [-0.2, -0.15) is 0 Å². The molecule has 0 radical (unpaired) electrons. The lowest BCUT2D eigenvalue weighted by Gasteiger charge is -2.04. The fourth-order valence-electron chi connectivity index (χ4n) is 0.602. The predicted octanol–water partition coefficient (Wildman–Crippen LogP) is -0.634. The number of ether oxygens (including phenoxy) is 4. The van der Waals surface area contributed by atoms with Crippen LogP contribution in [0.15, 0.2) is 0 Å². The van der Waals surface area contributed by atoms with Gasteiger partial charge in [0.1, 0.15) is 6.61 Å². The summed E-state index contributed by atoms with van der Waals surface area (Å²) in [6.45, 7) is 1.24. The Labute approximate surface area is 82.1 Å². The molecule has 0 N–H and O–H groups in total. The van der Waals surface area contributed by atoms with Crippen LogP contribution >= 0.6 is 0 Å². The minimum atomic E-state index is -0.590. The number of methoxy groups -OCH3 is 1. The quantitative estimate of drug-likeness (QED) is 0.284. The first-order valence-electron chi connectivity index (χ1n) is 4.08. The van der Waals surface area contributed by atoms with E-state index in [4.69, 9.17) is 9.47 Å². The van der Waals surface area contributed by atoms with Crippen molar-refractivity contribution in [2.45, 2.75) is 0 Å². The van der Waals surface area contributed by atoms with Gasteiger partial charge >= 0.3 is 5.97 Å². The van der Waals surface area contributed by atoms with Gasteiger partial charge in [-0.1, -0.05) is 0 Å². The summed E-state index contributed by atoms with van der Waals surface area (Å²) in [4.78, 5) is 20.4. The third-order valence-electron chi connectivity index (χ3n) is 1.19. The number of carbonyl (C=O) groups is 2. The van der Waals surface area contributed by atoms with E-state index in [1.54, 1.807) is 7.11 Å². The maximum Gasteiger partial charge on any atom is 0.344 e. The first-order valence-corrected chi connectivity index (χ1v) is 4.08. The van der Waals surface area contributed by atoms with Gasteiger partial charge in [-0.25, -0.2) is 4.79 Å². The number of hydrogen-bond donors (Lipinski definition) is 0. The lowest BCUT2D eigenvalue weighted by Crippen LogP contribution is -2.16. The smallest absolute Gasteiger partial charge is 0.344 e. The van der Waals surface area contributed by atoms with Gasteiger partial charge in [-0.3, -0.25) is 4.79 Å². The second kappa shape index (κ2) is 9.94. The van der Waals surface area contributed by atoms with E-state index in [1.165, 1.54) is 0 Å². The molecule has 6 heteroatoms. The van der Waals surface area contributed by atoms with Crippen LogP contribution in [0.5, 0.6) is 0 Å². The van der Waals surface area contributed by atoms with Crippen LogP contribution in [0.4, 0.5) is 0 Å². The van der Waals surface area contributed by atoms with Crippen molar-refractivity contribution in [2.75, 3.05) is 40.1 Å². The standard InChI is InChI=1S/C8H14O6/c1-11-2-3-12-4-5-14-8(10)6-13-7-9/h7H,2-6H2,1H3. The topological polar surface area (TPSA) is 71.1 Å². The highest BCUT2D eigenvalue weighted by atomic mass is 16.6. The summed E-state index contributed by atoms with van der Waals surface area (Å²) in [5, 5.41) is 0. The maximum atomic E-state index is 10.7. The van der Waals surface area contributed by atoms with Crippen molar-refractivity contribution in [1.29, 1.82) is 0 Å². The molecular weight excluding hydrogens is 192 g/mol. The summed E-state index contributed by atoms with van der Waals surface area (Å²) in [6, 6.07) is 0. The Hall–Kier alpha value is -1.14. The lowest BCUT2D eigenvalue weighted by atomic mass is 10.7. The SMILES string of the molecule is COCCOCCOC(=O)COC=O. The molecule has 0 amide bonds. The van der Waals surface area contributed by atoms with Crippen molar-refractivity contribution in [3.05, 3.63) is 0 Å². The second-order valence-electron chi connectivity index (χ2n) is 2.23. The predicted molar refractivity (Wildman–Crippen MR) is 45.7 cm³/mol. The van der Waals surface area contributed by atoms with E-state index in [-0.39, 0.29) is 19.7 Å². The molecular formula is C8H14O6. The largest absolute Gasteiger partial charge is 0.461 e. The van der Waals surface area contributed by atoms with Crippen LogP contribution in [-0.2, 0) is 28.5 Å². The summed E-state index contributed by atoms with van der Waals surface area (Å²) in [6.07, 6.45) is 0. The highest BCUT2D eigenvalue weighted by molar-refractivity contribution is 5.71. The van der Waals surface area contributed by atoms with Crippen molar-refractivity contribution in [3.8, 4) is 0 Å². The molecule has 0 heterocycles. The number of esters is 1. The molecule has 0 bridgehead atoms. The van der Waals surface area contributed by atoms with Crippen molar-refractivity contribution in [3.63, 3.8) is 0 Å². The van der Waals surface area contributed by atoms with Crippen LogP contribution in [0.2, 0.25) is 0 Å². The first kappa shape index (κ1) is 12.9. The highest BCUT2D eigenvalue weighted by Gasteiger charge is 2.01. The van der Waals surface area contributed by atoms with Crippen molar-refractivity contribution >= 4 is 12.4 Å². The van der Waals surface area contributed by atoms with E-state index in [1.807, 2.05) is 0 Å². The molecule has 0 aromatic rings. The number of carbonyl (C=O) groups excluding carboxylic acids is 2. The van der Waals surface area contributed by atoms with Crippen LogP contribution < -0.4 is 0 Å². The summed E-state index contributed by atoms with van der Waals surface area (Å²) >= 11 is 0. The molecule has 0 unspecified atom stereocenters. The molecule has 0 atom stereocenters. The zero-order valence-electron chi connectivity index (χ0n) is 8.06. The van der Waals surface area contributed by atoms with Crippen molar-refractivity contribution in [1.82, 2.24) is 0 Å². The van der Waals surface area contributed by atoms with Crippen LogP contribution in [-0.4, -0.2) is 52.6 Å². The maximum absolute atomic E-state index is 10.7. The molecule has 82 valence electrons. The molecule has 0 aromatic heterocycles. The zero-order chi connectivity index (χ0) is 10.6. The van der Waals surface area contributed by atoms with Gasteiger partial charge in [-0.05, 0) is 0 Å². The van der Waals surface area contributed by atoms with Gasteiger partial charge in [0.2, 0.25) is 0 Å². The van der Waals surface area contributed by atoms with E-state index in [2.05, 4.69) is 9.47 Å². The molecule has 0 aliphatic carbocycles. The third-order valence-corrected chi connectivity index (χ3v) is 1.19. The van der Waals surface area contributed by atoms with Gasteiger partial charge in [0, 0.05) is 7.11 Å². The molecule has 0 spiro atoms. The zero-order valence-corrected chi connectivity index (χ0v) is 8.06. The molecule has 0 aliphatic heterocycles. The second-order valence-corrected chi connectivity index (χ2v) is 2.23. The minimum absolute atomic E-state index is 0.144. The van der Waals surface area contributed by atoms with E-state index in [0.29, 0.717) is 19.8 Å². The Balaban J connectivity index is 3.10. The van der Waals surface area contributed by atoms with Crippen LogP contribution in [0.1, 0.15) is 0 Å². The van der Waals surface area contributed by atoms with E-state index < -0.39 is 5.97 Å². The van der Waals surface area contributed by atoms with Gasteiger partial charge in [0.25, 0.3) is 6.47 Å². The number of hydrogen-bond acceptors (Lipinski definition) is 6. The lowest BCUT2D eigenvalue weighted by molar-refractivity contribution is -0.154. The fourth-order valence-corrected chi connectivity index (χ4v) is 0.602. The molecule has 0 saturated heterocycles. The molecule has 0 aromatic carbocycles. The normalized spacial score (nSPS) is 9.50. The first-order chi connectivity index (χ1) is 6.81. The molecule has 0 aliphatic rings. The minimum Gasteiger partial charge on any atom is -0.461 e. The van der Waals surface area contributed by atoms with Crippen molar-refractivity contribution < 1.29 is 28.5 Å². The summed E-state index contributed by atoms with van der Waals surface area (Å²) < 4.78 is 18.6. The summed E-state index contributed by atoms with van der Waals surface area (Å²) in [5.74, 6) is -0.590. The van der Waals surface area contributed by atoms with Gasteiger partial charge in [0.05, 0.1) is 19.8 Å². The van der Waals surface area contributed by atoms with Gasteiger partial charge < -0.3 is 18.9 Å². The molecule has 6 nitrogen and oxygen atoms in total. The van der Waals surface area contributed by atoms with E-state index in [0.717, 1.165) is 0 Å². The van der Waals surface area contributed by atoms with E-state index in [9.17, 15) is 9.59 Å². The van der Waals surface area contributed by atoms with Crippen molar-refractivity contribution in [2.24, 2.45) is 0 Å². The van der Waals surface area contributed by atoms with E-state index >= 15 is 0 Å². The Morgan fingerprint density at radius 3 is 2.57 bits per heavy atom. The van der Waals surface area contributed by atoms with Crippen LogP contribution in [0.25, 0.3) is 0 Å². The molecule has 0 saturated carbocycles. The Kier molecular flexibility index (Phi) is 9.13. The molecule has 0 fully saturated rings.